The third kappa shape index (κ3) is 4.74. The Labute approximate surface area is 180 Å². The van der Waals surface area contributed by atoms with Crippen LogP contribution in [0.2, 0.25) is 0 Å². The van der Waals surface area contributed by atoms with Gasteiger partial charge in [0.2, 0.25) is 5.91 Å². The van der Waals surface area contributed by atoms with Gasteiger partial charge in [0.05, 0.1) is 18.7 Å². The first-order valence-electron chi connectivity index (χ1n) is 10.3. The zero-order valence-electron chi connectivity index (χ0n) is 17.4. The molecule has 0 bridgehead atoms. The lowest BCUT2D eigenvalue weighted by Gasteiger charge is -2.31. The minimum absolute atomic E-state index is 0.0505. The number of carbonyl (C=O) groups excluding carboxylic acids is 2. The van der Waals surface area contributed by atoms with Crippen molar-refractivity contribution < 1.29 is 14.3 Å². The van der Waals surface area contributed by atoms with E-state index < -0.39 is 0 Å². The van der Waals surface area contributed by atoms with Crippen LogP contribution in [-0.2, 0) is 11.3 Å². The van der Waals surface area contributed by atoms with Gasteiger partial charge in [-0.1, -0.05) is 18.2 Å². The van der Waals surface area contributed by atoms with Crippen LogP contribution in [0.5, 0.6) is 5.75 Å². The van der Waals surface area contributed by atoms with Gasteiger partial charge >= 0.3 is 0 Å². The maximum absolute atomic E-state index is 13.0. The highest BCUT2D eigenvalue weighted by atomic mass is 16.5. The van der Waals surface area contributed by atoms with E-state index in [0.29, 0.717) is 31.0 Å². The molecule has 3 heterocycles. The standard InChI is InChI=1S/C23H25N5O3/c1-31-21-7-3-2-5-17(21)14-25-22(29)18-6-4-12-28(15-18)23(30)20-13-19(26-27-20)16-8-10-24-11-9-16/h2-3,5,7-11,13,18H,4,6,12,14-15H2,1H3,(H,25,29)(H,26,27)/t18-/m0/s1. The average molecular weight is 419 g/mol. The van der Waals surface area contributed by atoms with Crippen LogP contribution >= 0.6 is 0 Å². The van der Waals surface area contributed by atoms with Crippen molar-refractivity contribution >= 4 is 11.8 Å². The van der Waals surface area contributed by atoms with Gasteiger partial charge in [-0.3, -0.25) is 19.7 Å². The summed E-state index contributed by atoms with van der Waals surface area (Å²) in [6, 6.07) is 13.0. The second kappa shape index (κ2) is 9.42. The molecule has 1 atom stereocenters. The molecule has 0 radical (unpaired) electrons. The number of nitrogens with one attached hydrogen (secondary N) is 2. The van der Waals surface area contributed by atoms with Crippen LogP contribution in [0.3, 0.4) is 0 Å². The fraction of sp³-hybridized carbons (Fsp3) is 0.304. The van der Waals surface area contributed by atoms with Gasteiger partial charge in [-0.25, -0.2) is 0 Å². The van der Waals surface area contributed by atoms with Crippen molar-refractivity contribution in [3.8, 4) is 17.0 Å². The average Bonchev–Trinajstić information content (AvgIpc) is 3.33. The zero-order valence-corrected chi connectivity index (χ0v) is 17.4. The van der Waals surface area contributed by atoms with Gasteiger partial charge in [-0.05, 0) is 37.1 Å². The first-order chi connectivity index (χ1) is 15.2. The number of hydrogen-bond acceptors (Lipinski definition) is 5. The predicted molar refractivity (Wildman–Crippen MR) is 115 cm³/mol. The molecule has 1 aliphatic rings. The van der Waals surface area contributed by atoms with E-state index in [0.717, 1.165) is 29.7 Å². The van der Waals surface area contributed by atoms with E-state index in [1.54, 1.807) is 30.5 Å². The molecule has 8 heteroatoms. The number of hydrogen-bond donors (Lipinski definition) is 2. The summed E-state index contributed by atoms with van der Waals surface area (Å²) in [5, 5.41) is 10.1. The molecule has 1 fully saturated rings. The molecule has 0 spiro atoms. The third-order valence-electron chi connectivity index (χ3n) is 5.51. The molecular formula is C23H25N5O3. The van der Waals surface area contributed by atoms with E-state index in [9.17, 15) is 9.59 Å². The number of ether oxygens (including phenoxy) is 1. The first kappa shape index (κ1) is 20.6. The van der Waals surface area contributed by atoms with Gasteiger partial charge in [0.25, 0.3) is 5.91 Å². The number of carbonyl (C=O) groups is 2. The molecular weight excluding hydrogens is 394 g/mol. The van der Waals surface area contributed by atoms with E-state index in [4.69, 9.17) is 4.74 Å². The topological polar surface area (TPSA) is 100 Å². The molecule has 0 unspecified atom stereocenters. The van der Waals surface area contributed by atoms with Gasteiger partial charge in [-0.2, -0.15) is 5.10 Å². The first-order valence-corrected chi connectivity index (χ1v) is 10.3. The quantitative estimate of drug-likeness (QED) is 0.640. The summed E-state index contributed by atoms with van der Waals surface area (Å²) in [6.07, 6.45) is 4.91. The molecule has 0 aliphatic carbocycles. The predicted octanol–water partition coefficient (Wildman–Crippen LogP) is 2.65. The number of benzene rings is 1. The molecule has 2 aromatic heterocycles. The lowest BCUT2D eigenvalue weighted by atomic mass is 9.96. The number of amides is 2. The summed E-state index contributed by atoms with van der Waals surface area (Å²) < 4.78 is 5.34. The molecule has 0 saturated carbocycles. The minimum Gasteiger partial charge on any atom is -0.496 e. The summed E-state index contributed by atoms with van der Waals surface area (Å²) in [4.78, 5) is 31.4. The number of para-hydroxylation sites is 1. The Balaban J connectivity index is 1.37. The summed E-state index contributed by atoms with van der Waals surface area (Å²) in [6.45, 7) is 1.40. The molecule has 4 rings (SSSR count). The van der Waals surface area contributed by atoms with Crippen LogP contribution < -0.4 is 10.1 Å². The molecule has 8 nitrogen and oxygen atoms in total. The maximum Gasteiger partial charge on any atom is 0.271 e. The highest BCUT2D eigenvalue weighted by Gasteiger charge is 2.29. The number of piperidine rings is 1. The molecule has 1 aromatic carbocycles. The van der Waals surface area contributed by atoms with Crippen LogP contribution in [0, 0.1) is 5.92 Å². The van der Waals surface area contributed by atoms with Gasteiger partial charge in [0, 0.05) is 43.2 Å². The molecule has 3 aromatic rings. The number of H-pyrrole nitrogens is 1. The Morgan fingerprint density at radius 3 is 2.84 bits per heavy atom. The smallest absolute Gasteiger partial charge is 0.271 e. The fourth-order valence-electron chi connectivity index (χ4n) is 3.82. The number of methoxy groups -OCH3 is 1. The largest absolute Gasteiger partial charge is 0.496 e. The van der Waals surface area contributed by atoms with Crippen molar-refractivity contribution in [2.45, 2.75) is 19.4 Å². The van der Waals surface area contributed by atoms with E-state index in [1.807, 2.05) is 36.4 Å². The van der Waals surface area contributed by atoms with Gasteiger partial charge < -0.3 is 15.0 Å². The van der Waals surface area contributed by atoms with E-state index in [1.165, 1.54) is 0 Å². The minimum atomic E-state index is -0.241. The Bertz CT molecular complexity index is 1050. The van der Waals surface area contributed by atoms with Gasteiger partial charge in [0.15, 0.2) is 0 Å². The fourth-order valence-corrected chi connectivity index (χ4v) is 3.82. The monoisotopic (exact) mass is 419 g/mol. The molecule has 2 N–H and O–H groups in total. The summed E-state index contributed by atoms with van der Waals surface area (Å²) in [5.74, 6) is 0.308. The van der Waals surface area contributed by atoms with Crippen LogP contribution in [0.25, 0.3) is 11.3 Å². The highest BCUT2D eigenvalue weighted by molar-refractivity contribution is 5.94. The Hall–Kier alpha value is -3.68. The molecule has 2 amide bonds. The summed E-state index contributed by atoms with van der Waals surface area (Å²) >= 11 is 0. The normalized spacial score (nSPS) is 16.0. The van der Waals surface area contributed by atoms with Crippen LogP contribution in [0.1, 0.15) is 28.9 Å². The van der Waals surface area contributed by atoms with Crippen molar-refractivity contribution in [1.82, 2.24) is 25.4 Å². The van der Waals surface area contributed by atoms with Crippen molar-refractivity contribution in [3.05, 3.63) is 66.1 Å². The van der Waals surface area contributed by atoms with Crippen LogP contribution in [-0.4, -0.2) is 52.1 Å². The van der Waals surface area contributed by atoms with Gasteiger partial charge in [-0.15, -0.1) is 0 Å². The second-order valence-corrected chi connectivity index (χ2v) is 7.52. The number of pyridine rings is 1. The Kier molecular flexibility index (Phi) is 6.26. The van der Waals surface area contributed by atoms with Crippen LogP contribution in [0.4, 0.5) is 0 Å². The SMILES string of the molecule is COc1ccccc1CNC(=O)[C@H]1CCCN(C(=O)c2cc(-c3ccncc3)n[nH]2)C1. The van der Waals surface area contributed by atoms with Crippen molar-refractivity contribution in [2.75, 3.05) is 20.2 Å². The second-order valence-electron chi connectivity index (χ2n) is 7.52. The number of likely N-dealkylation sites (tertiary alicyclic amines) is 1. The van der Waals surface area contributed by atoms with Crippen molar-refractivity contribution in [2.24, 2.45) is 5.92 Å². The Morgan fingerprint density at radius 1 is 1.23 bits per heavy atom. The highest BCUT2D eigenvalue weighted by Crippen LogP contribution is 2.22. The summed E-state index contributed by atoms with van der Waals surface area (Å²) in [5.41, 5.74) is 2.91. The summed E-state index contributed by atoms with van der Waals surface area (Å²) in [7, 11) is 1.61. The van der Waals surface area contributed by atoms with Crippen LogP contribution in [0.15, 0.2) is 54.9 Å². The van der Waals surface area contributed by atoms with E-state index >= 15 is 0 Å². The Morgan fingerprint density at radius 2 is 2.03 bits per heavy atom. The number of aromatic nitrogens is 3. The third-order valence-corrected chi connectivity index (χ3v) is 5.51. The van der Waals surface area contributed by atoms with E-state index in [-0.39, 0.29) is 17.7 Å². The maximum atomic E-state index is 13.0. The van der Waals surface area contributed by atoms with Crippen molar-refractivity contribution in [3.63, 3.8) is 0 Å². The van der Waals surface area contributed by atoms with Crippen molar-refractivity contribution in [1.29, 1.82) is 0 Å². The van der Waals surface area contributed by atoms with E-state index in [2.05, 4.69) is 20.5 Å². The lowest BCUT2D eigenvalue weighted by molar-refractivity contribution is -0.126. The molecule has 31 heavy (non-hydrogen) atoms. The lowest BCUT2D eigenvalue weighted by Crippen LogP contribution is -2.45. The zero-order chi connectivity index (χ0) is 21.6. The van der Waals surface area contributed by atoms with Gasteiger partial charge in [0.1, 0.15) is 11.4 Å². The molecule has 1 saturated heterocycles. The number of aromatic amines is 1. The molecule has 1 aliphatic heterocycles. The number of nitrogens with zero attached hydrogens (tertiary/aromatic N) is 3. The molecule has 160 valence electrons. The number of rotatable bonds is 6.